The lowest BCUT2D eigenvalue weighted by molar-refractivity contribution is -0.136. The Kier molecular flexibility index (Phi) is 3.82. The molecule has 1 unspecified atom stereocenters. The van der Waals surface area contributed by atoms with E-state index in [9.17, 15) is 4.79 Å². The number of hydrogen-bond acceptors (Lipinski definition) is 3. The van der Waals surface area contributed by atoms with Crippen LogP contribution in [-0.4, -0.2) is 61.0 Å². The van der Waals surface area contributed by atoms with E-state index in [0.717, 1.165) is 45.7 Å². The molecule has 4 nitrogen and oxygen atoms in total. The van der Waals surface area contributed by atoms with Gasteiger partial charge in [0.25, 0.3) is 0 Å². The lowest BCUT2D eigenvalue weighted by Crippen LogP contribution is -2.52. The van der Waals surface area contributed by atoms with E-state index < -0.39 is 0 Å². The summed E-state index contributed by atoms with van der Waals surface area (Å²) in [5.41, 5.74) is 0. The van der Waals surface area contributed by atoms with Gasteiger partial charge in [0.05, 0.1) is 5.92 Å². The van der Waals surface area contributed by atoms with E-state index in [2.05, 4.69) is 29.0 Å². The summed E-state index contributed by atoms with van der Waals surface area (Å²) in [4.78, 5) is 16.6. The van der Waals surface area contributed by atoms with Crippen LogP contribution in [0.15, 0.2) is 0 Å². The van der Waals surface area contributed by atoms with Gasteiger partial charge in [0.2, 0.25) is 5.91 Å². The summed E-state index contributed by atoms with van der Waals surface area (Å²) in [5, 5.41) is 3.16. The van der Waals surface area contributed by atoms with Crippen LogP contribution in [0, 0.1) is 5.92 Å². The van der Waals surface area contributed by atoms with Gasteiger partial charge in [-0.15, -0.1) is 0 Å². The number of hydrogen-bond donors (Lipinski definition) is 1. The first-order valence-corrected chi connectivity index (χ1v) is 6.49. The molecule has 0 spiro atoms. The molecule has 2 heterocycles. The van der Waals surface area contributed by atoms with Crippen LogP contribution in [0.25, 0.3) is 0 Å². The Morgan fingerprint density at radius 3 is 2.56 bits per heavy atom. The van der Waals surface area contributed by atoms with Gasteiger partial charge in [-0.3, -0.25) is 9.69 Å². The maximum absolute atomic E-state index is 12.0. The van der Waals surface area contributed by atoms with E-state index in [1.165, 1.54) is 0 Å². The molecule has 92 valence electrons. The van der Waals surface area contributed by atoms with Crippen LogP contribution in [0.1, 0.15) is 20.3 Å². The Morgan fingerprint density at radius 1 is 1.38 bits per heavy atom. The van der Waals surface area contributed by atoms with E-state index in [1.807, 2.05) is 0 Å². The number of carbonyl (C=O) groups is 1. The number of amides is 1. The summed E-state index contributed by atoms with van der Waals surface area (Å²) >= 11 is 0. The van der Waals surface area contributed by atoms with Crippen LogP contribution in [-0.2, 0) is 4.79 Å². The Hall–Kier alpha value is -0.610. The molecule has 1 atom stereocenters. The van der Waals surface area contributed by atoms with Crippen molar-refractivity contribution in [2.45, 2.75) is 26.3 Å². The highest BCUT2D eigenvalue weighted by Gasteiger charge is 2.34. The van der Waals surface area contributed by atoms with Crippen LogP contribution in [0.3, 0.4) is 0 Å². The van der Waals surface area contributed by atoms with Gasteiger partial charge in [-0.25, -0.2) is 0 Å². The largest absolute Gasteiger partial charge is 0.341 e. The predicted octanol–water partition coefficient (Wildman–Crippen LogP) is 0.149. The van der Waals surface area contributed by atoms with Crippen LogP contribution >= 0.6 is 0 Å². The molecular formula is C12H23N3O. The summed E-state index contributed by atoms with van der Waals surface area (Å²) < 4.78 is 0. The SMILES string of the molecule is CCN(CC)C1CCN(C(=O)C2CNC2)C1. The third-order valence-electron chi connectivity index (χ3n) is 3.93. The van der Waals surface area contributed by atoms with E-state index >= 15 is 0 Å². The molecule has 0 aliphatic carbocycles. The Morgan fingerprint density at radius 2 is 2.06 bits per heavy atom. The van der Waals surface area contributed by atoms with Crippen molar-refractivity contribution in [3.63, 3.8) is 0 Å². The van der Waals surface area contributed by atoms with Gasteiger partial charge in [0.1, 0.15) is 0 Å². The average molecular weight is 225 g/mol. The fourth-order valence-corrected chi connectivity index (χ4v) is 2.70. The van der Waals surface area contributed by atoms with Crippen molar-refractivity contribution in [3.8, 4) is 0 Å². The van der Waals surface area contributed by atoms with E-state index in [1.54, 1.807) is 0 Å². The van der Waals surface area contributed by atoms with Crippen molar-refractivity contribution in [1.82, 2.24) is 15.1 Å². The maximum atomic E-state index is 12.0. The Balaban J connectivity index is 1.84. The summed E-state index contributed by atoms with van der Waals surface area (Å²) in [7, 11) is 0. The van der Waals surface area contributed by atoms with Crippen LogP contribution in [0.5, 0.6) is 0 Å². The molecular weight excluding hydrogens is 202 g/mol. The molecule has 2 saturated heterocycles. The minimum absolute atomic E-state index is 0.260. The van der Waals surface area contributed by atoms with Gasteiger partial charge >= 0.3 is 0 Å². The van der Waals surface area contributed by atoms with Crippen LogP contribution < -0.4 is 5.32 Å². The average Bonchev–Trinajstić information content (AvgIpc) is 2.66. The van der Waals surface area contributed by atoms with Gasteiger partial charge in [0.15, 0.2) is 0 Å². The molecule has 2 aliphatic heterocycles. The van der Waals surface area contributed by atoms with E-state index in [4.69, 9.17) is 0 Å². The topological polar surface area (TPSA) is 35.6 Å². The van der Waals surface area contributed by atoms with Gasteiger partial charge < -0.3 is 10.2 Å². The van der Waals surface area contributed by atoms with Crippen molar-refractivity contribution < 1.29 is 4.79 Å². The molecule has 1 N–H and O–H groups in total. The highest BCUT2D eigenvalue weighted by atomic mass is 16.2. The lowest BCUT2D eigenvalue weighted by atomic mass is 10.0. The Labute approximate surface area is 98.0 Å². The van der Waals surface area contributed by atoms with E-state index in [0.29, 0.717) is 11.9 Å². The third kappa shape index (κ3) is 2.23. The standard InChI is InChI=1S/C12H23N3O/c1-3-14(4-2)11-5-6-15(9-11)12(16)10-7-13-8-10/h10-11,13H,3-9H2,1-2H3. The number of likely N-dealkylation sites (N-methyl/N-ethyl adjacent to an activating group) is 1. The second kappa shape index (κ2) is 5.15. The van der Waals surface area contributed by atoms with Crippen molar-refractivity contribution in [1.29, 1.82) is 0 Å². The molecule has 0 aromatic carbocycles. The highest BCUT2D eigenvalue weighted by Crippen LogP contribution is 2.18. The molecule has 0 aromatic rings. The zero-order valence-electron chi connectivity index (χ0n) is 10.4. The fraction of sp³-hybridized carbons (Fsp3) is 0.917. The minimum atomic E-state index is 0.260. The molecule has 2 aliphatic rings. The normalized spacial score (nSPS) is 26.2. The molecule has 2 fully saturated rings. The van der Waals surface area contributed by atoms with Gasteiger partial charge in [-0.2, -0.15) is 0 Å². The molecule has 16 heavy (non-hydrogen) atoms. The summed E-state index contributed by atoms with van der Waals surface area (Å²) in [5.74, 6) is 0.629. The van der Waals surface area contributed by atoms with E-state index in [-0.39, 0.29) is 5.92 Å². The quantitative estimate of drug-likeness (QED) is 0.740. The molecule has 0 aromatic heterocycles. The molecule has 2 rings (SSSR count). The molecule has 0 saturated carbocycles. The third-order valence-corrected chi connectivity index (χ3v) is 3.93. The molecule has 0 radical (unpaired) electrons. The number of nitrogens with zero attached hydrogens (tertiary/aromatic N) is 2. The first-order chi connectivity index (χ1) is 7.76. The van der Waals surface area contributed by atoms with Crippen molar-refractivity contribution in [2.24, 2.45) is 5.92 Å². The first kappa shape index (κ1) is 11.9. The number of carbonyl (C=O) groups excluding carboxylic acids is 1. The smallest absolute Gasteiger partial charge is 0.228 e. The minimum Gasteiger partial charge on any atom is -0.341 e. The zero-order chi connectivity index (χ0) is 11.5. The zero-order valence-corrected chi connectivity index (χ0v) is 10.4. The highest BCUT2D eigenvalue weighted by molar-refractivity contribution is 5.80. The van der Waals surface area contributed by atoms with Gasteiger partial charge in [-0.05, 0) is 19.5 Å². The molecule has 1 amide bonds. The number of nitrogens with one attached hydrogen (secondary N) is 1. The van der Waals surface area contributed by atoms with Gasteiger partial charge in [-0.1, -0.05) is 13.8 Å². The molecule has 0 bridgehead atoms. The fourth-order valence-electron chi connectivity index (χ4n) is 2.70. The summed E-state index contributed by atoms with van der Waals surface area (Å²) in [6, 6.07) is 0.590. The van der Waals surface area contributed by atoms with Crippen molar-refractivity contribution in [2.75, 3.05) is 39.3 Å². The summed E-state index contributed by atoms with van der Waals surface area (Å²) in [6.07, 6.45) is 1.15. The second-order valence-electron chi connectivity index (χ2n) is 4.80. The number of likely N-dealkylation sites (tertiary alicyclic amines) is 1. The maximum Gasteiger partial charge on any atom is 0.228 e. The van der Waals surface area contributed by atoms with Crippen molar-refractivity contribution in [3.05, 3.63) is 0 Å². The van der Waals surface area contributed by atoms with Crippen LogP contribution in [0.4, 0.5) is 0 Å². The van der Waals surface area contributed by atoms with Crippen molar-refractivity contribution >= 4 is 5.91 Å². The molecule has 4 heteroatoms. The lowest BCUT2D eigenvalue weighted by Gasteiger charge is -2.31. The first-order valence-electron chi connectivity index (χ1n) is 6.49. The second-order valence-corrected chi connectivity index (χ2v) is 4.80. The van der Waals surface area contributed by atoms with Crippen LogP contribution in [0.2, 0.25) is 0 Å². The summed E-state index contributed by atoms with van der Waals surface area (Å²) in [6.45, 7) is 10.2. The van der Waals surface area contributed by atoms with Gasteiger partial charge in [0, 0.05) is 32.2 Å². The Bertz CT molecular complexity index is 249. The predicted molar refractivity (Wildman–Crippen MR) is 64.3 cm³/mol. The number of rotatable bonds is 4. The monoisotopic (exact) mass is 225 g/mol.